The molecule has 0 spiro atoms. The summed E-state index contributed by atoms with van der Waals surface area (Å²) in [4.78, 5) is 11.4. The van der Waals surface area contributed by atoms with Gasteiger partial charge in [0.25, 0.3) is 0 Å². The maximum atomic E-state index is 5.30. The van der Waals surface area contributed by atoms with Crippen LogP contribution < -0.4 is 9.64 Å². The first-order valence-electron chi connectivity index (χ1n) is 8.37. The van der Waals surface area contributed by atoms with Gasteiger partial charge in [-0.25, -0.2) is 4.98 Å². The van der Waals surface area contributed by atoms with Gasteiger partial charge < -0.3 is 9.64 Å². The first-order valence-corrected chi connectivity index (χ1v) is 8.37. The van der Waals surface area contributed by atoms with Gasteiger partial charge in [0, 0.05) is 18.3 Å². The minimum atomic E-state index is 0.198. The summed E-state index contributed by atoms with van der Waals surface area (Å²) in [5, 5.41) is 8.44. The van der Waals surface area contributed by atoms with Crippen LogP contribution in [0.4, 0.5) is 5.95 Å². The summed E-state index contributed by atoms with van der Waals surface area (Å²) in [6, 6.07) is 14.0. The molecule has 1 atom stereocenters. The minimum absolute atomic E-state index is 0.198. The molecule has 0 unspecified atom stereocenters. The normalized spacial score (nSPS) is 16.8. The molecule has 3 heterocycles. The smallest absolute Gasteiger partial charge is 0.246 e. The molecule has 6 heteroatoms. The lowest BCUT2D eigenvalue weighted by Crippen LogP contribution is -2.25. The van der Waals surface area contributed by atoms with Crippen molar-refractivity contribution in [2.45, 2.75) is 18.9 Å². The predicted molar refractivity (Wildman–Crippen MR) is 95.4 cm³/mol. The number of ether oxygens (including phenoxy) is 1. The monoisotopic (exact) mass is 333 g/mol. The van der Waals surface area contributed by atoms with Crippen LogP contribution in [0.5, 0.6) is 5.75 Å². The van der Waals surface area contributed by atoms with E-state index in [4.69, 9.17) is 9.72 Å². The fourth-order valence-corrected chi connectivity index (χ4v) is 3.22. The molecule has 3 aromatic rings. The fourth-order valence-electron chi connectivity index (χ4n) is 3.22. The van der Waals surface area contributed by atoms with Crippen molar-refractivity contribution in [2.75, 3.05) is 18.6 Å². The maximum absolute atomic E-state index is 5.30. The zero-order chi connectivity index (χ0) is 17.1. The Kier molecular flexibility index (Phi) is 4.24. The van der Waals surface area contributed by atoms with Crippen molar-refractivity contribution in [2.24, 2.45) is 0 Å². The number of nitrogens with zero attached hydrogens (tertiary/aromatic N) is 5. The van der Waals surface area contributed by atoms with E-state index in [0.717, 1.165) is 42.1 Å². The van der Waals surface area contributed by atoms with Crippen molar-refractivity contribution in [3.63, 3.8) is 0 Å². The predicted octanol–water partition coefficient (Wildman–Crippen LogP) is 3.28. The average molecular weight is 333 g/mol. The van der Waals surface area contributed by atoms with Gasteiger partial charge in [0.2, 0.25) is 5.95 Å². The van der Waals surface area contributed by atoms with Crippen LogP contribution in [-0.2, 0) is 0 Å². The van der Waals surface area contributed by atoms with Crippen molar-refractivity contribution >= 4 is 5.95 Å². The molecule has 1 fully saturated rings. The van der Waals surface area contributed by atoms with Crippen molar-refractivity contribution < 1.29 is 4.74 Å². The SMILES string of the molecule is COc1cccc(-c2cnnc(N3CCC[C@@H]3c3ccccn3)n2)c1. The van der Waals surface area contributed by atoms with Gasteiger partial charge in [-0.1, -0.05) is 18.2 Å². The second kappa shape index (κ2) is 6.84. The zero-order valence-corrected chi connectivity index (χ0v) is 14.0. The molecule has 126 valence electrons. The van der Waals surface area contributed by atoms with Crippen molar-refractivity contribution in [1.29, 1.82) is 0 Å². The van der Waals surface area contributed by atoms with E-state index >= 15 is 0 Å². The Labute approximate surface area is 146 Å². The van der Waals surface area contributed by atoms with Gasteiger partial charge in [0.05, 0.1) is 30.7 Å². The fraction of sp³-hybridized carbons (Fsp3) is 0.263. The molecule has 0 aliphatic carbocycles. The first-order chi connectivity index (χ1) is 12.3. The molecule has 1 saturated heterocycles. The topological polar surface area (TPSA) is 64.0 Å². The van der Waals surface area contributed by atoms with Gasteiger partial charge in [-0.05, 0) is 37.1 Å². The number of hydrogen-bond acceptors (Lipinski definition) is 6. The number of methoxy groups -OCH3 is 1. The van der Waals surface area contributed by atoms with Gasteiger partial charge >= 0.3 is 0 Å². The summed E-state index contributed by atoms with van der Waals surface area (Å²) in [7, 11) is 1.66. The third-order valence-electron chi connectivity index (χ3n) is 4.45. The molecule has 0 bridgehead atoms. The lowest BCUT2D eigenvalue weighted by Gasteiger charge is -2.23. The van der Waals surface area contributed by atoms with Crippen molar-refractivity contribution in [3.05, 3.63) is 60.6 Å². The van der Waals surface area contributed by atoms with E-state index in [1.165, 1.54) is 0 Å². The number of aromatic nitrogens is 4. The Morgan fingerprint density at radius 2 is 2.12 bits per heavy atom. The highest BCUT2D eigenvalue weighted by Gasteiger charge is 2.29. The van der Waals surface area contributed by atoms with Crippen molar-refractivity contribution in [1.82, 2.24) is 20.2 Å². The van der Waals surface area contributed by atoms with Crippen LogP contribution in [0, 0.1) is 0 Å². The maximum Gasteiger partial charge on any atom is 0.246 e. The summed E-state index contributed by atoms with van der Waals surface area (Å²) >= 11 is 0. The highest BCUT2D eigenvalue weighted by atomic mass is 16.5. The van der Waals surface area contributed by atoms with E-state index in [2.05, 4.69) is 26.1 Å². The molecule has 25 heavy (non-hydrogen) atoms. The van der Waals surface area contributed by atoms with Crippen LogP contribution in [0.3, 0.4) is 0 Å². The Morgan fingerprint density at radius 1 is 1.16 bits per heavy atom. The first kappa shape index (κ1) is 15.5. The number of pyridine rings is 1. The summed E-state index contributed by atoms with van der Waals surface area (Å²) < 4.78 is 5.30. The van der Waals surface area contributed by atoms with Gasteiger partial charge in [0.15, 0.2) is 0 Å². The largest absolute Gasteiger partial charge is 0.497 e. The summed E-state index contributed by atoms with van der Waals surface area (Å²) in [5.41, 5.74) is 2.80. The molecular weight excluding hydrogens is 314 g/mol. The average Bonchev–Trinajstić information content (AvgIpc) is 3.19. The molecule has 0 N–H and O–H groups in total. The molecule has 0 radical (unpaired) electrons. The molecule has 6 nitrogen and oxygen atoms in total. The van der Waals surface area contributed by atoms with E-state index in [0.29, 0.717) is 5.95 Å². The van der Waals surface area contributed by atoms with Crippen LogP contribution in [0.1, 0.15) is 24.6 Å². The summed E-state index contributed by atoms with van der Waals surface area (Å²) in [6.45, 7) is 0.907. The van der Waals surface area contributed by atoms with E-state index in [9.17, 15) is 0 Å². The van der Waals surface area contributed by atoms with Crippen LogP contribution in [0.25, 0.3) is 11.3 Å². The molecular formula is C19H19N5O. The highest BCUT2D eigenvalue weighted by Crippen LogP contribution is 2.33. The number of anilines is 1. The minimum Gasteiger partial charge on any atom is -0.497 e. The van der Waals surface area contributed by atoms with E-state index in [-0.39, 0.29) is 6.04 Å². The van der Waals surface area contributed by atoms with Crippen LogP contribution >= 0.6 is 0 Å². The van der Waals surface area contributed by atoms with Gasteiger partial charge in [-0.15, -0.1) is 5.10 Å². The van der Waals surface area contributed by atoms with Gasteiger partial charge in [-0.2, -0.15) is 5.10 Å². The lowest BCUT2D eigenvalue weighted by atomic mass is 10.1. The third kappa shape index (κ3) is 3.15. The number of rotatable bonds is 4. The van der Waals surface area contributed by atoms with Crippen molar-refractivity contribution in [3.8, 4) is 17.0 Å². The quantitative estimate of drug-likeness (QED) is 0.730. The van der Waals surface area contributed by atoms with E-state index in [1.54, 1.807) is 13.3 Å². The second-order valence-electron chi connectivity index (χ2n) is 5.98. The van der Waals surface area contributed by atoms with Gasteiger partial charge in [0.1, 0.15) is 5.75 Å². The highest BCUT2D eigenvalue weighted by molar-refractivity contribution is 5.61. The standard InChI is InChI=1S/C19H19N5O/c1-25-15-7-4-6-14(12-15)17-13-21-23-19(22-17)24-11-5-9-18(24)16-8-2-3-10-20-16/h2-4,6-8,10,12-13,18H,5,9,11H2,1H3/t18-/m1/s1. The molecule has 0 amide bonds. The molecule has 2 aromatic heterocycles. The van der Waals surface area contributed by atoms with E-state index < -0.39 is 0 Å². The molecule has 4 rings (SSSR count). The van der Waals surface area contributed by atoms with Crippen LogP contribution in [-0.4, -0.2) is 33.8 Å². The molecule has 1 aliphatic heterocycles. The Balaban J connectivity index is 1.67. The molecule has 1 aromatic carbocycles. The molecule has 1 aliphatic rings. The number of benzene rings is 1. The Hall–Kier alpha value is -3.02. The summed E-state index contributed by atoms with van der Waals surface area (Å²) in [5.74, 6) is 1.44. The van der Waals surface area contributed by atoms with E-state index in [1.807, 2.05) is 42.6 Å². The van der Waals surface area contributed by atoms with Gasteiger partial charge in [-0.3, -0.25) is 4.98 Å². The summed E-state index contributed by atoms with van der Waals surface area (Å²) in [6.07, 6.45) is 5.65. The third-order valence-corrected chi connectivity index (χ3v) is 4.45. The Morgan fingerprint density at radius 3 is 2.96 bits per heavy atom. The lowest BCUT2D eigenvalue weighted by molar-refractivity contribution is 0.415. The number of hydrogen-bond donors (Lipinski definition) is 0. The second-order valence-corrected chi connectivity index (χ2v) is 5.98. The van der Waals surface area contributed by atoms with Crippen LogP contribution in [0.2, 0.25) is 0 Å². The van der Waals surface area contributed by atoms with Crippen LogP contribution in [0.15, 0.2) is 54.9 Å². The zero-order valence-electron chi connectivity index (χ0n) is 14.0. The Bertz CT molecular complexity index is 855. The molecule has 0 saturated carbocycles.